The van der Waals surface area contributed by atoms with Crippen LogP contribution in [0, 0.1) is 0 Å². The van der Waals surface area contributed by atoms with Gasteiger partial charge in [-0.15, -0.1) is 0 Å². The maximum atomic E-state index is 12.0. The fraction of sp³-hybridized carbons (Fsp3) is 0.158. The molecule has 0 unspecified atom stereocenters. The van der Waals surface area contributed by atoms with Gasteiger partial charge in [0.25, 0.3) is 5.91 Å². The summed E-state index contributed by atoms with van der Waals surface area (Å²) in [5.74, 6) is -0.419. The van der Waals surface area contributed by atoms with E-state index in [4.69, 9.17) is 37.1 Å². The molecule has 3 aromatic rings. The minimum absolute atomic E-state index is 0.0233. The van der Waals surface area contributed by atoms with Crippen LogP contribution in [-0.4, -0.2) is 25.6 Å². The first kappa shape index (κ1) is 19.1. The van der Waals surface area contributed by atoms with Crippen LogP contribution in [0.25, 0.3) is 11.0 Å². The van der Waals surface area contributed by atoms with Crippen LogP contribution >= 0.6 is 23.2 Å². The van der Waals surface area contributed by atoms with Crippen molar-refractivity contribution < 1.29 is 23.5 Å². The van der Waals surface area contributed by atoms with E-state index in [0.29, 0.717) is 27.6 Å². The van der Waals surface area contributed by atoms with Gasteiger partial charge < -0.3 is 19.2 Å². The number of halogens is 2. The summed E-state index contributed by atoms with van der Waals surface area (Å²) in [4.78, 5) is 24.0. The Hall–Kier alpha value is -2.70. The average Bonchev–Trinajstić information content (AvgIpc) is 3.05. The third-order valence-corrected chi connectivity index (χ3v) is 4.61. The highest BCUT2D eigenvalue weighted by atomic mass is 35.5. The molecule has 0 saturated carbocycles. The van der Waals surface area contributed by atoms with Crippen molar-refractivity contribution in [1.29, 1.82) is 0 Å². The number of fused-ring (bicyclic) bond motifs is 1. The number of amides is 1. The molecular weight excluding hydrogens is 393 g/mol. The number of hydrogen-bond acceptors (Lipinski definition) is 5. The molecule has 8 heteroatoms. The van der Waals surface area contributed by atoms with Crippen molar-refractivity contribution in [1.82, 2.24) is 0 Å². The first-order chi connectivity index (χ1) is 13.0. The Kier molecular flexibility index (Phi) is 5.88. The molecule has 0 aliphatic carbocycles. The van der Waals surface area contributed by atoms with Crippen LogP contribution < -0.4 is 10.1 Å². The highest BCUT2D eigenvalue weighted by Crippen LogP contribution is 2.29. The first-order valence-electron chi connectivity index (χ1n) is 7.91. The number of carbonyl (C=O) groups excluding carboxylic acids is 2. The van der Waals surface area contributed by atoms with Crippen molar-refractivity contribution in [2.45, 2.75) is 6.42 Å². The summed E-state index contributed by atoms with van der Waals surface area (Å²) in [6.07, 6.45) is 1.46. The number of nitrogens with one attached hydrogen (secondary N) is 1. The molecule has 1 aromatic heterocycles. The molecule has 0 fully saturated rings. The number of ether oxygens (including phenoxy) is 2. The van der Waals surface area contributed by atoms with Crippen molar-refractivity contribution >= 4 is 51.7 Å². The number of benzene rings is 2. The Morgan fingerprint density at radius 3 is 2.78 bits per heavy atom. The Morgan fingerprint density at radius 1 is 1.19 bits per heavy atom. The molecule has 3 rings (SSSR count). The molecule has 0 spiro atoms. The molecule has 1 amide bonds. The number of methoxy groups -OCH3 is 1. The highest BCUT2D eigenvalue weighted by Gasteiger charge is 2.14. The van der Waals surface area contributed by atoms with Gasteiger partial charge in [-0.25, -0.2) is 0 Å². The third kappa shape index (κ3) is 4.53. The van der Waals surface area contributed by atoms with E-state index in [1.807, 2.05) is 0 Å². The molecule has 0 atom stereocenters. The van der Waals surface area contributed by atoms with Gasteiger partial charge in [-0.05, 0) is 24.3 Å². The largest absolute Gasteiger partial charge is 0.497 e. The Bertz CT molecular complexity index is 999. The second-order valence-corrected chi connectivity index (χ2v) is 6.40. The van der Waals surface area contributed by atoms with Crippen LogP contribution in [-0.2, 0) is 20.7 Å². The zero-order valence-corrected chi connectivity index (χ0v) is 15.8. The summed E-state index contributed by atoms with van der Waals surface area (Å²) in [6, 6.07) is 10.1. The number of carbonyl (C=O) groups is 2. The summed E-state index contributed by atoms with van der Waals surface area (Å²) in [6.45, 7) is -0.439. The summed E-state index contributed by atoms with van der Waals surface area (Å²) in [7, 11) is 1.56. The topological polar surface area (TPSA) is 77.8 Å². The summed E-state index contributed by atoms with van der Waals surface area (Å²) >= 11 is 11.9. The zero-order chi connectivity index (χ0) is 19.4. The van der Waals surface area contributed by atoms with Crippen molar-refractivity contribution in [3.05, 3.63) is 58.3 Å². The van der Waals surface area contributed by atoms with Crippen LogP contribution in [0.3, 0.4) is 0 Å². The van der Waals surface area contributed by atoms with Gasteiger partial charge in [-0.1, -0.05) is 29.3 Å². The fourth-order valence-corrected chi connectivity index (χ4v) is 2.81. The van der Waals surface area contributed by atoms with Gasteiger partial charge in [0.05, 0.1) is 35.5 Å². The molecule has 1 N–H and O–H groups in total. The lowest BCUT2D eigenvalue weighted by Gasteiger charge is -2.08. The van der Waals surface area contributed by atoms with Crippen molar-refractivity contribution in [3.63, 3.8) is 0 Å². The monoisotopic (exact) mass is 407 g/mol. The van der Waals surface area contributed by atoms with Gasteiger partial charge in [0.2, 0.25) is 0 Å². The molecular formula is C19H15Cl2NO5. The Morgan fingerprint density at radius 2 is 2.00 bits per heavy atom. The lowest BCUT2D eigenvalue weighted by Crippen LogP contribution is -2.21. The van der Waals surface area contributed by atoms with E-state index in [1.54, 1.807) is 43.5 Å². The molecule has 0 bridgehead atoms. The van der Waals surface area contributed by atoms with E-state index in [2.05, 4.69) is 5.32 Å². The Labute approximate surface area is 164 Å². The normalized spacial score (nSPS) is 10.6. The van der Waals surface area contributed by atoms with Gasteiger partial charge >= 0.3 is 5.97 Å². The summed E-state index contributed by atoms with van der Waals surface area (Å²) in [5.41, 5.74) is 1.61. The number of esters is 1. The molecule has 27 heavy (non-hydrogen) atoms. The Balaban J connectivity index is 1.57. The van der Waals surface area contributed by atoms with E-state index in [1.165, 1.54) is 6.26 Å². The number of furan rings is 1. The SMILES string of the molecule is COc1ccc2c(CC(=O)OCC(=O)Nc3cccc(Cl)c3Cl)coc2c1. The van der Waals surface area contributed by atoms with Crippen LogP contribution in [0.4, 0.5) is 5.69 Å². The van der Waals surface area contributed by atoms with E-state index in [0.717, 1.165) is 5.39 Å². The van der Waals surface area contributed by atoms with Crippen molar-refractivity contribution in [3.8, 4) is 5.75 Å². The fourth-order valence-electron chi connectivity index (χ4n) is 2.47. The maximum Gasteiger partial charge on any atom is 0.310 e. The average molecular weight is 408 g/mol. The highest BCUT2D eigenvalue weighted by molar-refractivity contribution is 6.44. The predicted octanol–water partition coefficient (Wildman–Crippen LogP) is 4.47. The maximum absolute atomic E-state index is 12.0. The standard InChI is InChI=1S/C19H15Cl2NO5/c1-25-12-5-6-13-11(9-26-16(13)8-12)7-18(24)27-10-17(23)22-15-4-2-3-14(20)19(15)21/h2-6,8-9H,7,10H2,1H3,(H,22,23). The van der Waals surface area contributed by atoms with Gasteiger partial charge in [0.1, 0.15) is 11.3 Å². The van der Waals surface area contributed by atoms with Crippen molar-refractivity contribution in [2.24, 2.45) is 0 Å². The molecule has 2 aromatic carbocycles. The summed E-state index contributed by atoms with van der Waals surface area (Å²) in [5, 5.41) is 3.86. The second-order valence-electron chi connectivity index (χ2n) is 5.61. The lowest BCUT2D eigenvalue weighted by molar-refractivity contribution is -0.146. The van der Waals surface area contributed by atoms with Crippen LogP contribution in [0.15, 0.2) is 47.1 Å². The minimum Gasteiger partial charge on any atom is -0.497 e. The van der Waals surface area contributed by atoms with E-state index in [9.17, 15) is 9.59 Å². The molecule has 0 radical (unpaired) electrons. The molecule has 0 aliphatic rings. The van der Waals surface area contributed by atoms with Crippen molar-refractivity contribution in [2.75, 3.05) is 19.0 Å². The van der Waals surface area contributed by atoms with E-state index < -0.39 is 18.5 Å². The zero-order valence-electron chi connectivity index (χ0n) is 14.3. The van der Waals surface area contributed by atoms with Gasteiger partial charge in [-0.3, -0.25) is 9.59 Å². The van der Waals surface area contributed by atoms with E-state index >= 15 is 0 Å². The van der Waals surface area contributed by atoms with Crippen LogP contribution in [0.1, 0.15) is 5.56 Å². The first-order valence-corrected chi connectivity index (χ1v) is 8.67. The molecule has 6 nitrogen and oxygen atoms in total. The van der Waals surface area contributed by atoms with E-state index in [-0.39, 0.29) is 11.4 Å². The van der Waals surface area contributed by atoms with Gasteiger partial charge in [0.15, 0.2) is 6.61 Å². The quantitative estimate of drug-likeness (QED) is 0.609. The number of rotatable bonds is 6. The lowest BCUT2D eigenvalue weighted by atomic mass is 10.1. The number of anilines is 1. The smallest absolute Gasteiger partial charge is 0.310 e. The second kappa shape index (κ2) is 8.33. The minimum atomic E-state index is -0.555. The molecule has 1 heterocycles. The third-order valence-electron chi connectivity index (χ3n) is 3.79. The summed E-state index contributed by atoms with van der Waals surface area (Å²) < 4.78 is 15.6. The molecule has 0 saturated heterocycles. The predicted molar refractivity (Wildman–Crippen MR) is 103 cm³/mol. The van der Waals surface area contributed by atoms with Crippen LogP contribution in [0.5, 0.6) is 5.75 Å². The molecule has 140 valence electrons. The van der Waals surface area contributed by atoms with Gasteiger partial charge in [0, 0.05) is 17.0 Å². The molecule has 0 aliphatic heterocycles. The number of hydrogen-bond donors (Lipinski definition) is 1. The van der Waals surface area contributed by atoms with Gasteiger partial charge in [-0.2, -0.15) is 0 Å². The van der Waals surface area contributed by atoms with Crippen LogP contribution in [0.2, 0.25) is 10.0 Å².